The van der Waals surface area contributed by atoms with Gasteiger partial charge in [0.25, 0.3) is 11.6 Å². The summed E-state index contributed by atoms with van der Waals surface area (Å²) in [6, 6.07) is 2.82. The lowest BCUT2D eigenvalue weighted by Crippen LogP contribution is -2.30. The minimum absolute atomic E-state index is 0.238. The molecular formula is C13H15FN2O5. The van der Waals surface area contributed by atoms with Crippen molar-refractivity contribution in [3.05, 3.63) is 39.7 Å². The van der Waals surface area contributed by atoms with E-state index in [1.165, 1.54) is 19.1 Å². The molecule has 1 fully saturated rings. The second-order valence-electron chi connectivity index (χ2n) is 4.68. The maximum absolute atomic E-state index is 13.3. The number of amides is 1. The Morgan fingerprint density at radius 1 is 1.33 bits per heavy atom. The van der Waals surface area contributed by atoms with Crippen LogP contribution in [0.5, 0.6) is 0 Å². The summed E-state index contributed by atoms with van der Waals surface area (Å²) in [5.41, 5.74) is -0.692. The highest BCUT2D eigenvalue weighted by atomic mass is 19.1. The summed E-state index contributed by atoms with van der Waals surface area (Å²) in [6.07, 6.45) is -0.627. The molecule has 1 aliphatic heterocycles. The number of likely N-dealkylation sites (tertiary alicyclic amines) is 1. The highest BCUT2D eigenvalue weighted by Gasteiger charge is 2.37. The number of benzene rings is 1. The molecule has 2 atom stereocenters. The molecule has 1 amide bonds. The second-order valence-corrected chi connectivity index (χ2v) is 4.68. The predicted molar refractivity (Wildman–Crippen MR) is 70.6 cm³/mol. The van der Waals surface area contributed by atoms with Crippen LogP contribution in [0.2, 0.25) is 0 Å². The fraction of sp³-hybridized carbons (Fsp3) is 0.462. The van der Waals surface area contributed by atoms with Crippen molar-refractivity contribution in [3.8, 4) is 0 Å². The Labute approximate surface area is 120 Å². The van der Waals surface area contributed by atoms with Gasteiger partial charge in [-0.25, -0.2) is 4.39 Å². The first-order chi connectivity index (χ1) is 9.97. The van der Waals surface area contributed by atoms with Crippen LogP contribution in [0.4, 0.5) is 10.1 Å². The van der Waals surface area contributed by atoms with Gasteiger partial charge in [0.05, 0.1) is 4.92 Å². The van der Waals surface area contributed by atoms with E-state index in [0.29, 0.717) is 0 Å². The average molecular weight is 298 g/mol. The molecule has 0 spiro atoms. The van der Waals surface area contributed by atoms with Crippen LogP contribution in [0, 0.1) is 15.9 Å². The summed E-state index contributed by atoms with van der Waals surface area (Å²) in [4.78, 5) is 24.0. The third kappa shape index (κ3) is 3.01. The molecule has 0 aliphatic carbocycles. The van der Waals surface area contributed by atoms with Crippen molar-refractivity contribution in [2.75, 3.05) is 27.3 Å². The summed E-state index contributed by atoms with van der Waals surface area (Å²) in [5.74, 6) is -1.31. The summed E-state index contributed by atoms with van der Waals surface area (Å²) >= 11 is 0. The quantitative estimate of drug-likeness (QED) is 0.616. The summed E-state index contributed by atoms with van der Waals surface area (Å²) < 4.78 is 23.7. The predicted octanol–water partition coefficient (Wildman–Crippen LogP) is 1.22. The Morgan fingerprint density at radius 3 is 2.38 bits per heavy atom. The van der Waals surface area contributed by atoms with Crippen molar-refractivity contribution < 1.29 is 23.6 Å². The number of rotatable bonds is 4. The van der Waals surface area contributed by atoms with Crippen LogP contribution in [-0.4, -0.2) is 55.2 Å². The van der Waals surface area contributed by atoms with Crippen LogP contribution in [-0.2, 0) is 9.47 Å². The smallest absolute Gasteiger partial charge is 0.282 e. The molecule has 1 heterocycles. The van der Waals surface area contributed by atoms with Gasteiger partial charge < -0.3 is 14.4 Å². The fourth-order valence-corrected chi connectivity index (χ4v) is 2.37. The van der Waals surface area contributed by atoms with Gasteiger partial charge in [0.15, 0.2) is 0 Å². The van der Waals surface area contributed by atoms with Gasteiger partial charge in [0, 0.05) is 33.4 Å². The number of ether oxygens (including phenoxy) is 2. The molecule has 2 rings (SSSR count). The van der Waals surface area contributed by atoms with Crippen LogP contribution >= 0.6 is 0 Å². The molecule has 0 aromatic heterocycles. The van der Waals surface area contributed by atoms with E-state index < -0.39 is 22.3 Å². The molecule has 1 saturated heterocycles. The van der Waals surface area contributed by atoms with Gasteiger partial charge in [0.1, 0.15) is 23.6 Å². The number of nitro groups is 1. The van der Waals surface area contributed by atoms with Gasteiger partial charge in [-0.15, -0.1) is 0 Å². The van der Waals surface area contributed by atoms with Gasteiger partial charge in [-0.2, -0.15) is 0 Å². The van der Waals surface area contributed by atoms with Gasteiger partial charge in [-0.3, -0.25) is 14.9 Å². The lowest BCUT2D eigenvalue weighted by atomic mass is 10.1. The van der Waals surface area contributed by atoms with E-state index >= 15 is 0 Å². The van der Waals surface area contributed by atoms with E-state index in [2.05, 4.69) is 0 Å². The van der Waals surface area contributed by atoms with E-state index in [4.69, 9.17) is 9.47 Å². The number of nitro benzene ring substituents is 1. The SMILES string of the molecule is CO[C@H]1CN(C(=O)c2cc(F)ccc2[N+](=O)[O-])C[C@H]1OC. The van der Waals surface area contributed by atoms with Gasteiger partial charge in [-0.1, -0.05) is 0 Å². The molecule has 114 valence electrons. The highest BCUT2D eigenvalue weighted by Crippen LogP contribution is 2.24. The number of hydrogen-bond donors (Lipinski definition) is 0. The molecule has 0 bridgehead atoms. The number of carbonyl (C=O) groups is 1. The Hall–Kier alpha value is -2.06. The Bertz CT molecular complexity index is 553. The van der Waals surface area contributed by atoms with Crippen molar-refractivity contribution in [3.63, 3.8) is 0 Å². The number of hydrogen-bond acceptors (Lipinski definition) is 5. The lowest BCUT2D eigenvalue weighted by molar-refractivity contribution is -0.385. The summed E-state index contributed by atoms with van der Waals surface area (Å²) in [7, 11) is 2.99. The summed E-state index contributed by atoms with van der Waals surface area (Å²) in [6.45, 7) is 0.475. The summed E-state index contributed by atoms with van der Waals surface area (Å²) in [5, 5.41) is 11.0. The van der Waals surface area contributed by atoms with E-state index in [9.17, 15) is 19.3 Å². The number of methoxy groups -OCH3 is 2. The van der Waals surface area contributed by atoms with Crippen LogP contribution in [0.15, 0.2) is 18.2 Å². The first-order valence-electron chi connectivity index (χ1n) is 6.26. The molecule has 7 nitrogen and oxygen atoms in total. The van der Waals surface area contributed by atoms with Crippen molar-refractivity contribution >= 4 is 11.6 Å². The fourth-order valence-electron chi connectivity index (χ4n) is 2.37. The van der Waals surface area contributed by atoms with Gasteiger partial charge >= 0.3 is 0 Å². The van der Waals surface area contributed by atoms with E-state index in [1.54, 1.807) is 0 Å². The van der Waals surface area contributed by atoms with E-state index in [1.807, 2.05) is 0 Å². The van der Waals surface area contributed by atoms with E-state index in [0.717, 1.165) is 18.2 Å². The zero-order valence-corrected chi connectivity index (χ0v) is 11.6. The third-order valence-corrected chi connectivity index (χ3v) is 3.49. The Kier molecular flexibility index (Phi) is 4.49. The standard InChI is InChI=1S/C13H15FN2O5/c1-20-11-6-15(7-12(11)21-2)13(17)9-5-8(14)3-4-10(9)16(18)19/h3-5,11-12H,6-7H2,1-2H3/t11-,12+. The van der Waals surface area contributed by atoms with E-state index in [-0.39, 0.29) is 30.9 Å². The Morgan fingerprint density at radius 2 is 1.90 bits per heavy atom. The Balaban J connectivity index is 2.29. The molecule has 1 aromatic rings. The van der Waals surface area contributed by atoms with Gasteiger partial charge in [0.2, 0.25) is 0 Å². The largest absolute Gasteiger partial charge is 0.377 e. The van der Waals surface area contributed by atoms with Gasteiger partial charge in [-0.05, 0) is 12.1 Å². The molecule has 21 heavy (non-hydrogen) atoms. The molecule has 0 radical (unpaired) electrons. The van der Waals surface area contributed by atoms with Crippen molar-refractivity contribution in [2.45, 2.75) is 12.2 Å². The molecule has 1 aliphatic rings. The number of nitrogens with zero attached hydrogens (tertiary/aromatic N) is 2. The zero-order valence-electron chi connectivity index (χ0n) is 11.6. The first-order valence-corrected chi connectivity index (χ1v) is 6.26. The average Bonchev–Trinajstić information content (AvgIpc) is 2.89. The van der Waals surface area contributed by atoms with Crippen LogP contribution in [0.3, 0.4) is 0 Å². The molecular weight excluding hydrogens is 283 g/mol. The monoisotopic (exact) mass is 298 g/mol. The minimum atomic E-state index is -0.704. The number of halogens is 1. The van der Waals surface area contributed by atoms with Crippen molar-refractivity contribution in [1.29, 1.82) is 0 Å². The topological polar surface area (TPSA) is 81.9 Å². The molecule has 1 aromatic carbocycles. The molecule has 0 unspecified atom stereocenters. The zero-order chi connectivity index (χ0) is 15.6. The maximum atomic E-state index is 13.3. The first kappa shape index (κ1) is 15.3. The molecule has 0 saturated carbocycles. The molecule has 8 heteroatoms. The third-order valence-electron chi connectivity index (χ3n) is 3.49. The van der Waals surface area contributed by atoms with Crippen LogP contribution < -0.4 is 0 Å². The van der Waals surface area contributed by atoms with Crippen molar-refractivity contribution in [2.24, 2.45) is 0 Å². The van der Waals surface area contributed by atoms with Crippen LogP contribution in [0.25, 0.3) is 0 Å². The van der Waals surface area contributed by atoms with Crippen LogP contribution in [0.1, 0.15) is 10.4 Å². The number of carbonyl (C=O) groups excluding carboxylic acids is 1. The highest BCUT2D eigenvalue weighted by molar-refractivity contribution is 5.98. The lowest BCUT2D eigenvalue weighted by Gasteiger charge is -2.15. The van der Waals surface area contributed by atoms with Crippen molar-refractivity contribution in [1.82, 2.24) is 4.90 Å². The second kappa shape index (κ2) is 6.15. The normalized spacial score (nSPS) is 21.6. The minimum Gasteiger partial charge on any atom is -0.377 e. The maximum Gasteiger partial charge on any atom is 0.282 e. The molecule has 0 N–H and O–H groups in total.